The molecule has 3 rings (SSSR count). The highest BCUT2D eigenvalue weighted by molar-refractivity contribution is 5.83. The Morgan fingerprint density at radius 2 is 1.93 bits per heavy atom. The Bertz CT molecular complexity index is 1060. The third kappa shape index (κ3) is 5.57. The summed E-state index contributed by atoms with van der Waals surface area (Å²) >= 11 is 0. The van der Waals surface area contributed by atoms with Crippen LogP contribution < -0.4 is 10.4 Å². The summed E-state index contributed by atoms with van der Waals surface area (Å²) in [6, 6.07) is 15.0. The maximum Gasteiger partial charge on any atom is 0.336 e. The van der Waals surface area contributed by atoms with Crippen molar-refractivity contribution in [1.82, 2.24) is 0 Å². The summed E-state index contributed by atoms with van der Waals surface area (Å²) < 4.78 is 16.3. The van der Waals surface area contributed by atoms with Gasteiger partial charge in [-0.15, -0.1) is 0 Å². The molecule has 1 aromatic heterocycles. The number of ether oxygens (including phenoxy) is 2. The molecule has 0 atom stereocenters. The second-order valence-corrected chi connectivity index (χ2v) is 6.63. The van der Waals surface area contributed by atoms with E-state index in [4.69, 9.17) is 13.9 Å². The van der Waals surface area contributed by atoms with E-state index in [-0.39, 0.29) is 12.4 Å². The van der Waals surface area contributed by atoms with E-state index < -0.39 is 5.63 Å². The van der Waals surface area contributed by atoms with Gasteiger partial charge in [-0.05, 0) is 49.1 Å². The molecular formula is C24H24O5. The predicted molar refractivity (Wildman–Crippen MR) is 113 cm³/mol. The molecule has 0 aliphatic rings. The zero-order chi connectivity index (χ0) is 20.6. The van der Waals surface area contributed by atoms with E-state index in [0.717, 1.165) is 22.1 Å². The van der Waals surface area contributed by atoms with Crippen LogP contribution >= 0.6 is 0 Å². The molecule has 0 N–H and O–H groups in total. The number of esters is 1. The maximum atomic E-state index is 11.8. The van der Waals surface area contributed by atoms with Gasteiger partial charge < -0.3 is 13.9 Å². The van der Waals surface area contributed by atoms with E-state index in [0.29, 0.717) is 31.0 Å². The molecule has 0 fully saturated rings. The van der Waals surface area contributed by atoms with Crippen LogP contribution in [-0.2, 0) is 16.0 Å². The molecule has 0 aliphatic carbocycles. The van der Waals surface area contributed by atoms with Gasteiger partial charge in [-0.25, -0.2) is 4.79 Å². The molecule has 0 bridgehead atoms. The van der Waals surface area contributed by atoms with E-state index in [1.54, 1.807) is 13.0 Å². The van der Waals surface area contributed by atoms with Gasteiger partial charge in [0.2, 0.25) is 0 Å². The number of aryl methyl sites for hydroxylation is 2. The van der Waals surface area contributed by atoms with Crippen molar-refractivity contribution < 1.29 is 18.7 Å². The second-order valence-electron chi connectivity index (χ2n) is 6.63. The smallest absolute Gasteiger partial charge is 0.336 e. The number of hydrogen-bond donors (Lipinski definition) is 0. The van der Waals surface area contributed by atoms with Gasteiger partial charge in [0.15, 0.2) is 0 Å². The Balaban J connectivity index is 1.83. The zero-order valence-electron chi connectivity index (χ0n) is 16.6. The number of benzene rings is 2. The van der Waals surface area contributed by atoms with Crippen molar-refractivity contribution in [1.29, 1.82) is 0 Å². The molecule has 29 heavy (non-hydrogen) atoms. The number of carbonyl (C=O) groups excluding carboxylic acids is 1. The molecule has 1 heterocycles. The highest BCUT2D eigenvalue weighted by atomic mass is 16.5. The van der Waals surface area contributed by atoms with Crippen molar-refractivity contribution >= 4 is 23.0 Å². The number of hydrogen-bond acceptors (Lipinski definition) is 5. The first-order valence-corrected chi connectivity index (χ1v) is 9.64. The van der Waals surface area contributed by atoms with Crippen molar-refractivity contribution in [2.45, 2.75) is 26.7 Å². The largest absolute Gasteiger partial charge is 0.489 e. The molecule has 2 aromatic carbocycles. The van der Waals surface area contributed by atoms with E-state index in [1.807, 2.05) is 55.5 Å². The molecule has 5 nitrogen and oxygen atoms in total. The van der Waals surface area contributed by atoms with Crippen LogP contribution in [0.3, 0.4) is 0 Å². The lowest BCUT2D eigenvalue weighted by Gasteiger charge is -2.12. The van der Waals surface area contributed by atoms with Gasteiger partial charge in [0.05, 0.1) is 6.61 Å². The van der Waals surface area contributed by atoms with Crippen molar-refractivity contribution in [3.05, 3.63) is 81.7 Å². The summed E-state index contributed by atoms with van der Waals surface area (Å²) in [4.78, 5) is 23.5. The SMILES string of the molecule is CCOC(=O)CCc1cc2c(C)cc(=O)oc2cc1OC/C=C/c1ccccc1. The molecule has 0 radical (unpaired) electrons. The summed E-state index contributed by atoms with van der Waals surface area (Å²) in [6.45, 7) is 4.35. The van der Waals surface area contributed by atoms with Crippen LogP contribution in [0.4, 0.5) is 0 Å². The molecule has 0 amide bonds. The fourth-order valence-corrected chi connectivity index (χ4v) is 3.08. The van der Waals surface area contributed by atoms with Crippen LogP contribution in [0.25, 0.3) is 17.0 Å². The first-order valence-electron chi connectivity index (χ1n) is 9.64. The van der Waals surface area contributed by atoms with Gasteiger partial charge in [-0.1, -0.05) is 36.4 Å². The van der Waals surface area contributed by atoms with Crippen LogP contribution in [0, 0.1) is 6.92 Å². The minimum atomic E-state index is -0.399. The monoisotopic (exact) mass is 392 g/mol. The van der Waals surface area contributed by atoms with Crippen LogP contribution in [0.1, 0.15) is 30.0 Å². The summed E-state index contributed by atoms with van der Waals surface area (Å²) in [5.74, 6) is 0.340. The maximum absolute atomic E-state index is 11.8. The highest BCUT2D eigenvalue weighted by Gasteiger charge is 2.12. The summed E-state index contributed by atoms with van der Waals surface area (Å²) in [6.07, 6.45) is 4.63. The van der Waals surface area contributed by atoms with Gasteiger partial charge in [0.25, 0.3) is 0 Å². The van der Waals surface area contributed by atoms with Crippen LogP contribution in [-0.4, -0.2) is 19.2 Å². The van der Waals surface area contributed by atoms with E-state index in [1.165, 1.54) is 6.07 Å². The standard InChI is InChI=1S/C24H24O5/c1-3-27-23(25)12-11-19-15-20-17(2)14-24(26)29-22(20)16-21(19)28-13-7-10-18-8-5-4-6-9-18/h4-10,14-16H,3,11-13H2,1-2H3/b10-7+. The van der Waals surface area contributed by atoms with E-state index in [9.17, 15) is 9.59 Å². The van der Waals surface area contributed by atoms with Crippen LogP contribution in [0.15, 0.2) is 63.8 Å². The topological polar surface area (TPSA) is 65.7 Å². The Labute approximate surface area is 169 Å². The average molecular weight is 392 g/mol. The molecule has 3 aromatic rings. The summed E-state index contributed by atoms with van der Waals surface area (Å²) in [5.41, 5.74) is 2.85. The fourth-order valence-electron chi connectivity index (χ4n) is 3.08. The molecular weight excluding hydrogens is 368 g/mol. The Kier molecular flexibility index (Phi) is 6.85. The van der Waals surface area contributed by atoms with Crippen LogP contribution in [0.2, 0.25) is 0 Å². The predicted octanol–water partition coefficient (Wildman–Crippen LogP) is 4.69. The van der Waals surface area contributed by atoms with Crippen molar-refractivity contribution in [3.63, 3.8) is 0 Å². The molecule has 0 unspecified atom stereocenters. The second kappa shape index (κ2) is 9.73. The van der Waals surface area contributed by atoms with Crippen molar-refractivity contribution in [2.24, 2.45) is 0 Å². The minimum Gasteiger partial charge on any atom is -0.489 e. The minimum absolute atomic E-state index is 0.251. The van der Waals surface area contributed by atoms with Gasteiger partial charge >= 0.3 is 11.6 Å². The Morgan fingerprint density at radius 3 is 2.69 bits per heavy atom. The van der Waals surface area contributed by atoms with Gasteiger partial charge in [0, 0.05) is 23.9 Å². The number of carbonyl (C=O) groups is 1. The van der Waals surface area contributed by atoms with Crippen LogP contribution in [0.5, 0.6) is 5.75 Å². The Hall–Kier alpha value is -3.34. The highest BCUT2D eigenvalue weighted by Crippen LogP contribution is 2.28. The first kappa shape index (κ1) is 20.4. The fraction of sp³-hybridized carbons (Fsp3) is 0.250. The molecule has 0 aliphatic heterocycles. The Morgan fingerprint density at radius 1 is 1.14 bits per heavy atom. The third-order valence-electron chi connectivity index (χ3n) is 4.48. The average Bonchev–Trinajstić information content (AvgIpc) is 2.70. The third-order valence-corrected chi connectivity index (χ3v) is 4.48. The number of fused-ring (bicyclic) bond motifs is 1. The van der Waals surface area contributed by atoms with Gasteiger partial charge in [0.1, 0.15) is 17.9 Å². The quantitative estimate of drug-likeness (QED) is 0.411. The zero-order valence-corrected chi connectivity index (χ0v) is 16.6. The lowest BCUT2D eigenvalue weighted by molar-refractivity contribution is -0.143. The van der Waals surface area contributed by atoms with Gasteiger partial charge in [-0.2, -0.15) is 0 Å². The summed E-state index contributed by atoms with van der Waals surface area (Å²) in [7, 11) is 0. The molecule has 0 saturated carbocycles. The van der Waals surface area contributed by atoms with E-state index in [2.05, 4.69) is 0 Å². The lowest BCUT2D eigenvalue weighted by atomic mass is 10.0. The van der Waals surface area contributed by atoms with E-state index >= 15 is 0 Å². The lowest BCUT2D eigenvalue weighted by Crippen LogP contribution is -2.07. The van der Waals surface area contributed by atoms with Crippen molar-refractivity contribution in [3.8, 4) is 5.75 Å². The van der Waals surface area contributed by atoms with Crippen molar-refractivity contribution in [2.75, 3.05) is 13.2 Å². The summed E-state index contributed by atoms with van der Waals surface area (Å²) in [5, 5.41) is 0.829. The normalized spacial score (nSPS) is 11.1. The molecule has 0 saturated heterocycles. The van der Waals surface area contributed by atoms with Gasteiger partial charge in [-0.3, -0.25) is 4.79 Å². The molecule has 150 valence electrons. The molecule has 5 heteroatoms. The number of rotatable bonds is 8. The first-order chi connectivity index (χ1) is 14.1. The molecule has 0 spiro atoms.